The van der Waals surface area contributed by atoms with Gasteiger partial charge in [0, 0.05) is 110 Å². The highest BCUT2D eigenvalue weighted by Crippen LogP contribution is 2.22. The number of carboxylic acid groups (broad SMARTS) is 3. The zero-order valence-corrected chi connectivity index (χ0v) is 61.0. The fourth-order valence-electron chi connectivity index (χ4n) is 6.39. The molecule has 0 fully saturated rings. The lowest BCUT2D eigenvalue weighted by molar-refractivity contribution is -0.162. The number of amides is 8. The number of nitrogens with zero attached hydrogens (tertiary/aromatic N) is 6. The van der Waals surface area contributed by atoms with Crippen LogP contribution in [0.3, 0.4) is 0 Å². The van der Waals surface area contributed by atoms with Gasteiger partial charge in [0.05, 0.1) is 0 Å². The fraction of sp³-hybridized carbons (Fsp3) is 0.540. The third-order valence-corrected chi connectivity index (χ3v) is 12.3. The maximum atomic E-state index is 12.9. The summed E-state index contributed by atoms with van der Waals surface area (Å²) in [5.74, 6) is -5.42. The van der Waals surface area contributed by atoms with Gasteiger partial charge in [-0.05, 0) is 107 Å². The first kappa shape index (κ1) is 91.7. The molecule has 0 aliphatic carbocycles. The van der Waals surface area contributed by atoms with Crippen LogP contribution >= 0.6 is 21.4 Å². The maximum Gasteiger partial charge on any atom is 0.426 e. The van der Waals surface area contributed by atoms with E-state index in [0.717, 1.165) is 42.1 Å². The molecule has 33 heteroatoms. The first-order valence-electron chi connectivity index (χ1n) is 29.4. The van der Waals surface area contributed by atoms with Gasteiger partial charge in [-0.25, -0.2) is 39.0 Å². The average molecular weight is 1420 g/mol. The summed E-state index contributed by atoms with van der Waals surface area (Å²) < 4.78 is 34.7. The van der Waals surface area contributed by atoms with Crippen LogP contribution in [0.15, 0.2) is 91.0 Å². The molecular formula is C63H100Cl2N10O20S. The maximum absolute atomic E-state index is 12.9. The molecule has 96 heavy (non-hydrogen) atoms. The predicted octanol–water partition coefficient (Wildman–Crippen LogP) is 7.81. The van der Waals surface area contributed by atoms with Crippen LogP contribution in [0.25, 0.3) is 0 Å². The molecule has 0 aliphatic heterocycles. The summed E-state index contributed by atoms with van der Waals surface area (Å²) in [5, 5.41) is 29.4. The Bertz CT molecular complexity index is 2900. The van der Waals surface area contributed by atoms with Gasteiger partial charge in [-0.15, -0.1) is 0 Å². The SMILES string of the molecule is CC(C)(C(=O)O)C(=O)O.CN(CCN(C)C(=O)C(C)(C)C(=O)N(C)NC(=O)OC(C)(C)C)C(=O)OCc1ccccc1.CN(CCN(C)C(=O)C(C)(C)C(=O)O)C(=O)OCc1ccccc1.CNCCN(C)C(=O)OCc1ccccc1.CNNC(=O)OC(C)(C)C.O=S(Cl)Cl. The zero-order chi connectivity index (χ0) is 75.0. The second kappa shape index (κ2) is 45.8. The number of halogens is 2. The number of ether oxygens (including phenoxy) is 5. The van der Waals surface area contributed by atoms with Crippen LogP contribution in [0.5, 0.6) is 0 Å². The van der Waals surface area contributed by atoms with Crippen molar-refractivity contribution in [2.45, 2.75) is 114 Å². The molecule has 30 nitrogen and oxygen atoms in total. The molecule has 3 rings (SSSR count). The van der Waals surface area contributed by atoms with Crippen LogP contribution in [-0.4, -0.2) is 222 Å². The van der Waals surface area contributed by atoms with Crippen molar-refractivity contribution in [2.24, 2.45) is 16.2 Å². The van der Waals surface area contributed by atoms with E-state index in [2.05, 4.69) is 43.0 Å². The van der Waals surface area contributed by atoms with Crippen molar-refractivity contribution in [1.29, 1.82) is 0 Å². The smallest absolute Gasteiger partial charge is 0.426 e. The fourth-order valence-corrected chi connectivity index (χ4v) is 6.39. The number of hydrogen-bond donors (Lipinski definition) is 7. The Balaban J connectivity index is -0.00000120. The minimum absolute atomic E-state index is 0.150. The molecule has 3 aromatic carbocycles. The Labute approximate surface area is 574 Å². The summed E-state index contributed by atoms with van der Waals surface area (Å²) in [4.78, 5) is 134. The number of carbonyl (C=O) groups excluding carboxylic acids is 8. The molecule has 0 bridgehead atoms. The van der Waals surface area contributed by atoms with E-state index in [1.54, 1.807) is 60.9 Å². The van der Waals surface area contributed by atoms with Crippen molar-refractivity contribution < 1.29 is 96.0 Å². The van der Waals surface area contributed by atoms with Crippen molar-refractivity contribution in [3.63, 3.8) is 0 Å². The van der Waals surface area contributed by atoms with E-state index in [1.165, 1.54) is 61.4 Å². The Hall–Kier alpha value is -8.52. The van der Waals surface area contributed by atoms with Crippen molar-refractivity contribution in [2.75, 3.05) is 95.6 Å². The molecule has 7 N–H and O–H groups in total. The molecule has 0 saturated carbocycles. The van der Waals surface area contributed by atoms with Gasteiger partial charge in [-0.2, -0.15) is 0 Å². The van der Waals surface area contributed by atoms with Gasteiger partial charge in [0.2, 0.25) is 21.0 Å². The number of aliphatic carboxylic acids is 3. The first-order chi connectivity index (χ1) is 44.1. The number of hydrazine groups is 2. The molecule has 0 unspecified atom stereocenters. The highest BCUT2D eigenvalue weighted by Gasteiger charge is 2.41. The van der Waals surface area contributed by atoms with Crippen LogP contribution < -0.4 is 21.6 Å². The Kier molecular flexibility index (Phi) is 43.7. The number of carboxylic acids is 3. The highest BCUT2D eigenvalue weighted by molar-refractivity contribution is 8.26. The monoisotopic (exact) mass is 1420 g/mol. The molecule has 3 aromatic rings. The molecule has 542 valence electrons. The van der Waals surface area contributed by atoms with Gasteiger partial charge >= 0.3 is 48.4 Å². The number of hydrogen-bond acceptors (Lipinski definition) is 19. The van der Waals surface area contributed by atoms with Gasteiger partial charge in [0.1, 0.15) is 41.9 Å². The largest absolute Gasteiger partial charge is 0.480 e. The van der Waals surface area contributed by atoms with E-state index in [0.29, 0.717) is 13.2 Å². The molecule has 0 aromatic heterocycles. The van der Waals surface area contributed by atoms with Crippen LogP contribution in [-0.2, 0) is 81.5 Å². The van der Waals surface area contributed by atoms with E-state index in [9.17, 15) is 52.7 Å². The lowest BCUT2D eigenvalue weighted by Gasteiger charge is -2.32. The standard InChI is InChI=1S/C23H36N4O6.C17H24N2O5.C12H18N2O2.C6H14N2O2.C5H8O4.Cl2OS/c1-22(2,3)33-20(30)24-27(8)19(29)23(4,5)18(28)25(6)14-15-26(7)21(31)32-16-17-12-10-9-11-13-17;1-17(2,15(21)22)14(20)18(3)10-11-19(4)16(23)24-12-13-8-6-5-7-9-13;1-13-8-9-14(2)12(15)16-10-11-6-4-3-5-7-11;1-6(2,3)10-5(9)8-7-4;1-5(2,3(6)7)4(8)9;1-4(2)3/h9-13H,14-16H2,1-8H3,(H,24,30);5-9H,10-12H2,1-4H3,(H,21,22);3-7,13H,8-10H2,1-2H3;7H,1-4H3,(H,8,9);1-2H3,(H,6,7)(H,8,9);. The molecule has 0 spiro atoms. The minimum atomic E-state index is -1.67. The Morgan fingerprint density at radius 3 is 0.979 bits per heavy atom. The Morgan fingerprint density at radius 1 is 0.427 bits per heavy atom. The van der Waals surface area contributed by atoms with Gasteiger partial charge in [0.15, 0.2) is 5.41 Å². The van der Waals surface area contributed by atoms with Crippen molar-refractivity contribution in [3.05, 3.63) is 108 Å². The first-order valence-corrected chi connectivity index (χ1v) is 32.2. The number of benzene rings is 3. The lowest BCUT2D eigenvalue weighted by atomic mass is 9.90. The quantitative estimate of drug-likeness (QED) is 0.0218. The second-order valence-corrected chi connectivity index (χ2v) is 26.8. The Morgan fingerprint density at radius 2 is 0.708 bits per heavy atom. The molecular weight excluding hydrogens is 1320 g/mol. The summed E-state index contributed by atoms with van der Waals surface area (Å²) in [6, 6.07) is 28.3. The summed E-state index contributed by atoms with van der Waals surface area (Å²) in [5.41, 5.74) is 4.04. The zero-order valence-electron chi connectivity index (χ0n) is 58.7. The molecule has 8 amide bonds. The number of nitrogens with one attached hydrogen (secondary N) is 4. The van der Waals surface area contributed by atoms with Gasteiger partial charge in [-0.3, -0.25) is 39.2 Å². The van der Waals surface area contributed by atoms with E-state index in [4.69, 9.17) is 43.2 Å². The van der Waals surface area contributed by atoms with Crippen molar-refractivity contribution in [1.82, 2.24) is 51.1 Å². The van der Waals surface area contributed by atoms with E-state index in [1.807, 2.05) is 119 Å². The number of likely N-dealkylation sites (N-methyl/N-ethyl adjacent to an activating group) is 6. The van der Waals surface area contributed by atoms with E-state index in [-0.39, 0.29) is 45.5 Å². The normalized spacial score (nSPS) is 10.7. The van der Waals surface area contributed by atoms with Crippen LogP contribution in [0.4, 0.5) is 24.0 Å². The highest BCUT2D eigenvalue weighted by atomic mass is 36.0. The van der Waals surface area contributed by atoms with E-state index >= 15 is 0 Å². The van der Waals surface area contributed by atoms with Gasteiger partial charge in [0.25, 0.3) is 5.91 Å². The van der Waals surface area contributed by atoms with Gasteiger partial charge in [-0.1, -0.05) is 91.0 Å². The minimum Gasteiger partial charge on any atom is -0.480 e. The summed E-state index contributed by atoms with van der Waals surface area (Å²) >= 11 is 0. The topological polar surface area (TPSA) is 379 Å². The molecule has 0 aliphatic rings. The average Bonchev–Trinajstić information content (AvgIpc) is 0.885. The number of carbonyl (C=O) groups is 11. The third-order valence-electron chi connectivity index (χ3n) is 12.3. The lowest BCUT2D eigenvalue weighted by Crippen LogP contribution is -2.55. The summed E-state index contributed by atoms with van der Waals surface area (Å²) in [6.45, 7) is 21.4. The summed E-state index contributed by atoms with van der Waals surface area (Å²) in [6.07, 6.45) is -2.58. The van der Waals surface area contributed by atoms with Crippen LogP contribution in [0.1, 0.15) is 99.8 Å². The van der Waals surface area contributed by atoms with Gasteiger partial charge < -0.3 is 68.8 Å². The molecule has 0 atom stereocenters. The van der Waals surface area contributed by atoms with Crippen LogP contribution in [0.2, 0.25) is 0 Å². The predicted molar refractivity (Wildman–Crippen MR) is 362 cm³/mol. The number of rotatable bonds is 22. The van der Waals surface area contributed by atoms with Crippen molar-refractivity contribution in [3.8, 4) is 0 Å². The molecule has 0 saturated heterocycles. The van der Waals surface area contributed by atoms with Crippen LogP contribution in [0, 0.1) is 16.2 Å². The molecule has 0 radical (unpaired) electrons. The molecule has 0 heterocycles. The second-order valence-electron chi connectivity index (χ2n) is 24.3. The van der Waals surface area contributed by atoms with Crippen molar-refractivity contribution >= 4 is 96.7 Å². The summed E-state index contributed by atoms with van der Waals surface area (Å²) in [7, 11) is 20.1. The third kappa shape index (κ3) is 41.3. The van der Waals surface area contributed by atoms with E-state index < -0.39 is 96.7 Å².